The number of esters is 1. The monoisotopic (exact) mass is 432 g/mol. The van der Waals surface area contributed by atoms with Gasteiger partial charge in [0, 0.05) is 5.56 Å². The van der Waals surface area contributed by atoms with Crippen molar-refractivity contribution in [2.45, 2.75) is 58.5 Å². The SMILES string of the molecule is CCCCC1CCC(C(=O)OCc2nnc(-c3cc(OC)c(OC)c(OC)c3)o2)CC1. The van der Waals surface area contributed by atoms with Gasteiger partial charge in [0.1, 0.15) is 0 Å². The van der Waals surface area contributed by atoms with Crippen molar-refractivity contribution in [1.29, 1.82) is 0 Å². The van der Waals surface area contributed by atoms with E-state index in [1.807, 2.05) is 0 Å². The summed E-state index contributed by atoms with van der Waals surface area (Å²) >= 11 is 0. The van der Waals surface area contributed by atoms with Gasteiger partial charge in [-0.3, -0.25) is 4.79 Å². The number of hydrogen-bond acceptors (Lipinski definition) is 8. The van der Waals surface area contributed by atoms with Gasteiger partial charge in [0.05, 0.1) is 27.2 Å². The number of benzene rings is 1. The van der Waals surface area contributed by atoms with Gasteiger partial charge in [-0.25, -0.2) is 0 Å². The maximum absolute atomic E-state index is 12.4. The van der Waals surface area contributed by atoms with E-state index in [4.69, 9.17) is 23.4 Å². The topological polar surface area (TPSA) is 92.9 Å². The third kappa shape index (κ3) is 5.68. The van der Waals surface area contributed by atoms with Gasteiger partial charge in [0.2, 0.25) is 11.6 Å². The summed E-state index contributed by atoms with van der Waals surface area (Å²) in [6, 6.07) is 3.45. The molecule has 31 heavy (non-hydrogen) atoms. The van der Waals surface area contributed by atoms with E-state index in [0.717, 1.165) is 31.6 Å². The van der Waals surface area contributed by atoms with E-state index in [1.165, 1.54) is 40.6 Å². The number of nitrogens with zero attached hydrogens (tertiary/aromatic N) is 2. The van der Waals surface area contributed by atoms with Crippen LogP contribution in [0.4, 0.5) is 0 Å². The second-order valence-electron chi connectivity index (χ2n) is 7.88. The largest absolute Gasteiger partial charge is 0.493 e. The van der Waals surface area contributed by atoms with Crippen molar-refractivity contribution in [3.05, 3.63) is 18.0 Å². The van der Waals surface area contributed by atoms with Crippen molar-refractivity contribution in [2.75, 3.05) is 21.3 Å². The predicted octanol–water partition coefficient (Wildman–Crippen LogP) is 4.80. The second-order valence-corrected chi connectivity index (χ2v) is 7.88. The molecule has 1 aliphatic carbocycles. The van der Waals surface area contributed by atoms with Crippen LogP contribution in [0.5, 0.6) is 17.2 Å². The summed E-state index contributed by atoms with van der Waals surface area (Å²) < 4.78 is 27.2. The molecular weight excluding hydrogens is 400 g/mol. The molecule has 8 nitrogen and oxygen atoms in total. The molecule has 0 unspecified atom stereocenters. The zero-order valence-corrected chi connectivity index (χ0v) is 18.8. The zero-order valence-electron chi connectivity index (χ0n) is 18.8. The van der Waals surface area contributed by atoms with Crippen molar-refractivity contribution in [1.82, 2.24) is 10.2 Å². The van der Waals surface area contributed by atoms with Crippen LogP contribution < -0.4 is 14.2 Å². The molecule has 0 spiro atoms. The first-order valence-corrected chi connectivity index (χ1v) is 10.9. The molecule has 1 aromatic heterocycles. The Morgan fingerprint density at radius 3 is 2.29 bits per heavy atom. The Bertz CT molecular complexity index is 832. The number of carbonyl (C=O) groups is 1. The third-order valence-electron chi connectivity index (χ3n) is 5.86. The molecule has 1 heterocycles. The maximum atomic E-state index is 12.4. The highest BCUT2D eigenvalue weighted by molar-refractivity contribution is 5.72. The van der Waals surface area contributed by atoms with Gasteiger partial charge in [-0.1, -0.05) is 26.2 Å². The molecule has 1 fully saturated rings. The van der Waals surface area contributed by atoms with Crippen molar-refractivity contribution < 1.29 is 28.2 Å². The molecule has 0 aliphatic heterocycles. The van der Waals surface area contributed by atoms with E-state index < -0.39 is 0 Å². The van der Waals surface area contributed by atoms with Crippen LogP contribution in [0.2, 0.25) is 0 Å². The van der Waals surface area contributed by atoms with Crippen LogP contribution >= 0.6 is 0 Å². The Morgan fingerprint density at radius 2 is 1.71 bits per heavy atom. The highest BCUT2D eigenvalue weighted by atomic mass is 16.5. The van der Waals surface area contributed by atoms with Crippen LogP contribution in [0.1, 0.15) is 57.8 Å². The Hall–Kier alpha value is -2.77. The minimum atomic E-state index is -0.179. The Labute approximate surface area is 183 Å². The van der Waals surface area contributed by atoms with Crippen molar-refractivity contribution in [3.8, 4) is 28.7 Å². The van der Waals surface area contributed by atoms with E-state index in [9.17, 15) is 4.79 Å². The molecule has 8 heteroatoms. The van der Waals surface area contributed by atoms with Gasteiger partial charge >= 0.3 is 5.97 Å². The van der Waals surface area contributed by atoms with Crippen molar-refractivity contribution in [2.24, 2.45) is 11.8 Å². The fraction of sp³-hybridized carbons (Fsp3) is 0.609. The molecule has 1 saturated carbocycles. The molecule has 3 rings (SSSR count). The number of hydrogen-bond donors (Lipinski definition) is 0. The number of ether oxygens (including phenoxy) is 4. The van der Waals surface area contributed by atoms with Gasteiger partial charge in [-0.05, 0) is 43.7 Å². The van der Waals surface area contributed by atoms with Crippen molar-refractivity contribution in [3.63, 3.8) is 0 Å². The predicted molar refractivity (Wildman–Crippen MR) is 114 cm³/mol. The lowest BCUT2D eigenvalue weighted by Gasteiger charge is -2.26. The number of methoxy groups -OCH3 is 3. The summed E-state index contributed by atoms with van der Waals surface area (Å²) in [4.78, 5) is 12.4. The average Bonchev–Trinajstić information content (AvgIpc) is 3.29. The first-order chi connectivity index (χ1) is 15.1. The first kappa shape index (κ1) is 22.9. The van der Waals surface area contributed by atoms with Crippen LogP contribution in [0, 0.1) is 11.8 Å². The summed E-state index contributed by atoms with van der Waals surface area (Å²) in [7, 11) is 4.62. The molecule has 0 radical (unpaired) electrons. The maximum Gasteiger partial charge on any atom is 0.309 e. The number of rotatable bonds is 10. The fourth-order valence-corrected chi connectivity index (χ4v) is 4.06. The van der Waals surface area contributed by atoms with Gasteiger partial charge in [0.15, 0.2) is 18.1 Å². The summed E-state index contributed by atoms with van der Waals surface area (Å²) in [5, 5.41) is 8.06. The molecule has 0 bridgehead atoms. The average molecular weight is 433 g/mol. The Morgan fingerprint density at radius 1 is 1.03 bits per heavy atom. The van der Waals surface area contributed by atoms with Crippen LogP contribution in [-0.2, 0) is 16.1 Å². The fourth-order valence-electron chi connectivity index (χ4n) is 4.06. The van der Waals surface area contributed by atoms with Crippen LogP contribution in [-0.4, -0.2) is 37.5 Å². The van der Waals surface area contributed by atoms with Crippen LogP contribution in [0.25, 0.3) is 11.5 Å². The number of unbranched alkanes of at least 4 members (excludes halogenated alkanes) is 1. The third-order valence-corrected chi connectivity index (χ3v) is 5.86. The molecule has 0 amide bonds. The minimum absolute atomic E-state index is 0.0321. The molecule has 1 aliphatic rings. The van der Waals surface area contributed by atoms with E-state index >= 15 is 0 Å². The van der Waals surface area contributed by atoms with E-state index in [0.29, 0.717) is 22.8 Å². The first-order valence-electron chi connectivity index (χ1n) is 10.9. The van der Waals surface area contributed by atoms with E-state index in [2.05, 4.69) is 17.1 Å². The summed E-state index contributed by atoms with van der Waals surface area (Å²) in [6.07, 6.45) is 7.76. The van der Waals surface area contributed by atoms with E-state index in [-0.39, 0.29) is 30.3 Å². The lowest BCUT2D eigenvalue weighted by atomic mass is 9.80. The summed E-state index contributed by atoms with van der Waals surface area (Å²) in [5.41, 5.74) is 0.616. The number of aromatic nitrogens is 2. The molecule has 2 aromatic rings. The lowest BCUT2D eigenvalue weighted by molar-refractivity contribution is -0.152. The number of carbonyl (C=O) groups excluding carboxylic acids is 1. The zero-order chi connectivity index (χ0) is 22.2. The van der Waals surface area contributed by atoms with Crippen LogP contribution in [0.3, 0.4) is 0 Å². The normalized spacial score (nSPS) is 18.5. The molecule has 170 valence electrons. The van der Waals surface area contributed by atoms with Gasteiger partial charge in [-0.15, -0.1) is 10.2 Å². The van der Waals surface area contributed by atoms with Crippen LogP contribution in [0.15, 0.2) is 16.5 Å². The Kier molecular flexibility index (Phi) is 8.14. The standard InChI is InChI=1S/C23H32N2O6/c1-5-6-7-15-8-10-16(11-9-15)23(26)30-14-20-24-25-22(31-20)17-12-18(27-2)21(29-4)19(13-17)28-3/h12-13,15-16H,5-11,14H2,1-4H3. The lowest BCUT2D eigenvalue weighted by Crippen LogP contribution is -2.23. The molecule has 0 saturated heterocycles. The Balaban J connectivity index is 1.58. The van der Waals surface area contributed by atoms with Gasteiger partial charge in [0.25, 0.3) is 5.89 Å². The van der Waals surface area contributed by atoms with E-state index in [1.54, 1.807) is 12.1 Å². The summed E-state index contributed by atoms with van der Waals surface area (Å²) in [6.45, 7) is 2.18. The van der Waals surface area contributed by atoms with Gasteiger partial charge < -0.3 is 23.4 Å². The molecule has 0 N–H and O–H groups in total. The summed E-state index contributed by atoms with van der Waals surface area (Å²) in [5.74, 6) is 2.51. The van der Waals surface area contributed by atoms with Gasteiger partial charge in [-0.2, -0.15) is 0 Å². The highest BCUT2D eigenvalue weighted by Crippen LogP contribution is 2.41. The molecule has 1 aromatic carbocycles. The smallest absolute Gasteiger partial charge is 0.309 e. The highest BCUT2D eigenvalue weighted by Gasteiger charge is 2.27. The quantitative estimate of drug-likeness (QED) is 0.494. The molecule has 0 atom stereocenters. The molecular formula is C23H32N2O6. The second kappa shape index (κ2) is 11.0. The minimum Gasteiger partial charge on any atom is -0.493 e. The van der Waals surface area contributed by atoms with Crippen molar-refractivity contribution >= 4 is 5.97 Å².